The van der Waals surface area contributed by atoms with Gasteiger partial charge < -0.3 is 4.74 Å². The van der Waals surface area contributed by atoms with Crippen molar-refractivity contribution in [3.63, 3.8) is 0 Å². The van der Waals surface area contributed by atoms with Crippen molar-refractivity contribution >= 4 is 29.2 Å². The number of benzene rings is 1. The summed E-state index contributed by atoms with van der Waals surface area (Å²) in [6.45, 7) is 0. The van der Waals surface area contributed by atoms with Gasteiger partial charge in [-0.3, -0.25) is 0 Å². The van der Waals surface area contributed by atoms with Crippen LogP contribution in [0.3, 0.4) is 0 Å². The quantitative estimate of drug-likeness (QED) is 0.789. The summed E-state index contributed by atoms with van der Waals surface area (Å²) >= 11 is 11.8. The first-order valence-corrected chi connectivity index (χ1v) is 5.47. The number of aromatic nitrogens is 2. The van der Waals surface area contributed by atoms with Gasteiger partial charge in [-0.15, -0.1) is 0 Å². The van der Waals surface area contributed by atoms with E-state index in [1.54, 1.807) is 30.5 Å². The van der Waals surface area contributed by atoms with Crippen molar-refractivity contribution < 1.29 is 9.53 Å². The molecule has 0 fully saturated rings. The molecule has 0 atom stereocenters. The van der Waals surface area contributed by atoms with E-state index in [1.165, 1.54) is 11.8 Å². The Kier molecular flexibility index (Phi) is 3.36. The molecule has 88 valence electrons. The van der Waals surface area contributed by atoms with Gasteiger partial charge in [-0.1, -0.05) is 23.2 Å². The molecule has 6 heteroatoms. The highest BCUT2D eigenvalue weighted by atomic mass is 35.5. The van der Waals surface area contributed by atoms with E-state index in [1.807, 2.05) is 0 Å². The molecule has 0 aliphatic carbocycles. The van der Waals surface area contributed by atoms with Gasteiger partial charge in [0.05, 0.1) is 17.8 Å². The highest BCUT2D eigenvalue weighted by Gasteiger charge is 2.11. The molecule has 0 radical (unpaired) electrons. The lowest BCUT2D eigenvalue weighted by molar-refractivity contribution is 0.0593. The van der Waals surface area contributed by atoms with Crippen LogP contribution < -0.4 is 0 Å². The normalized spacial score (nSPS) is 10.3. The summed E-state index contributed by atoms with van der Waals surface area (Å²) in [6, 6.07) is 6.58. The average Bonchev–Trinajstić information content (AvgIpc) is 2.77. The van der Waals surface area contributed by atoms with Crippen LogP contribution in [-0.4, -0.2) is 22.9 Å². The first-order chi connectivity index (χ1) is 8.11. The second-order valence-electron chi connectivity index (χ2n) is 3.23. The zero-order valence-corrected chi connectivity index (χ0v) is 10.4. The number of carbonyl (C=O) groups excluding carboxylic acids is 1. The molecule has 0 spiro atoms. The van der Waals surface area contributed by atoms with E-state index in [0.717, 1.165) is 0 Å². The van der Waals surface area contributed by atoms with E-state index in [0.29, 0.717) is 15.7 Å². The second-order valence-corrected chi connectivity index (χ2v) is 4.08. The minimum absolute atomic E-state index is 0.221. The van der Waals surface area contributed by atoms with Gasteiger partial charge in [-0.25, -0.2) is 9.48 Å². The lowest BCUT2D eigenvalue weighted by Crippen LogP contribution is -2.04. The van der Waals surface area contributed by atoms with Crippen LogP contribution >= 0.6 is 23.2 Å². The molecular weight excluding hydrogens is 263 g/mol. The van der Waals surface area contributed by atoms with Crippen LogP contribution in [0.1, 0.15) is 10.5 Å². The van der Waals surface area contributed by atoms with E-state index in [9.17, 15) is 4.79 Å². The molecule has 4 nitrogen and oxygen atoms in total. The molecule has 2 aromatic rings. The maximum atomic E-state index is 11.2. The maximum absolute atomic E-state index is 11.2. The minimum Gasteiger partial charge on any atom is -0.464 e. The van der Waals surface area contributed by atoms with Crippen LogP contribution in [0.4, 0.5) is 0 Å². The predicted molar refractivity (Wildman–Crippen MR) is 64.9 cm³/mol. The summed E-state index contributed by atoms with van der Waals surface area (Å²) in [5.74, 6) is -0.492. The first kappa shape index (κ1) is 12.0. The fourth-order valence-electron chi connectivity index (χ4n) is 1.34. The van der Waals surface area contributed by atoms with Crippen molar-refractivity contribution in [2.24, 2.45) is 0 Å². The molecule has 1 heterocycles. The Morgan fingerprint density at radius 1 is 1.35 bits per heavy atom. The standard InChI is InChI=1S/C11H8Cl2N2O2/c1-17-11(16)9-4-5-15(14-9)10-3-2-7(12)6-8(10)13/h2-6H,1H3. The Balaban J connectivity index is 2.40. The molecule has 0 N–H and O–H groups in total. The number of rotatable bonds is 2. The molecule has 1 aromatic carbocycles. The van der Waals surface area contributed by atoms with Crippen molar-refractivity contribution in [3.05, 3.63) is 46.2 Å². The van der Waals surface area contributed by atoms with Gasteiger partial charge in [-0.2, -0.15) is 5.10 Å². The van der Waals surface area contributed by atoms with Crippen molar-refractivity contribution in [1.29, 1.82) is 0 Å². The lowest BCUT2D eigenvalue weighted by Gasteiger charge is -2.04. The van der Waals surface area contributed by atoms with Gasteiger partial charge in [-0.05, 0) is 24.3 Å². The van der Waals surface area contributed by atoms with Gasteiger partial charge in [0.1, 0.15) is 0 Å². The predicted octanol–water partition coefficient (Wildman–Crippen LogP) is 2.97. The van der Waals surface area contributed by atoms with Gasteiger partial charge in [0.2, 0.25) is 0 Å². The molecule has 0 saturated heterocycles. The molecule has 0 amide bonds. The third kappa shape index (κ3) is 2.43. The summed E-state index contributed by atoms with van der Waals surface area (Å²) < 4.78 is 6.06. The summed E-state index contributed by atoms with van der Waals surface area (Å²) in [6.07, 6.45) is 1.63. The largest absolute Gasteiger partial charge is 0.464 e. The Morgan fingerprint density at radius 2 is 2.12 bits per heavy atom. The molecule has 0 aliphatic heterocycles. The Morgan fingerprint density at radius 3 is 2.76 bits per heavy atom. The SMILES string of the molecule is COC(=O)c1ccn(-c2ccc(Cl)cc2Cl)n1. The van der Waals surface area contributed by atoms with Crippen LogP contribution in [0.15, 0.2) is 30.5 Å². The summed E-state index contributed by atoms with van der Waals surface area (Å²) in [7, 11) is 1.30. The van der Waals surface area contributed by atoms with Gasteiger partial charge >= 0.3 is 5.97 Å². The van der Waals surface area contributed by atoms with Crippen molar-refractivity contribution in [1.82, 2.24) is 9.78 Å². The molecule has 17 heavy (non-hydrogen) atoms. The third-order valence-corrected chi connectivity index (χ3v) is 2.68. The second kappa shape index (κ2) is 4.77. The minimum atomic E-state index is -0.492. The average molecular weight is 271 g/mol. The molecule has 0 unspecified atom stereocenters. The van der Waals surface area contributed by atoms with Crippen molar-refractivity contribution in [2.45, 2.75) is 0 Å². The van der Waals surface area contributed by atoms with Crippen LogP contribution in [-0.2, 0) is 4.74 Å². The summed E-state index contributed by atoms with van der Waals surface area (Å²) in [5, 5.41) is 5.05. The Hall–Kier alpha value is -1.52. The molecule has 2 rings (SSSR count). The highest BCUT2D eigenvalue weighted by molar-refractivity contribution is 6.35. The molecule has 0 saturated carbocycles. The van der Waals surface area contributed by atoms with Crippen molar-refractivity contribution in [2.75, 3.05) is 7.11 Å². The van der Waals surface area contributed by atoms with Crippen LogP contribution in [0.2, 0.25) is 10.0 Å². The van der Waals surface area contributed by atoms with E-state index in [4.69, 9.17) is 23.2 Å². The first-order valence-electron chi connectivity index (χ1n) is 4.71. The topological polar surface area (TPSA) is 44.1 Å². The van der Waals surface area contributed by atoms with E-state index < -0.39 is 5.97 Å². The van der Waals surface area contributed by atoms with Gasteiger partial charge in [0, 0.05) is 11.2 Å². The fraction of sp³-hybridized carbons (Fsp3) is 0.0909. The monoisotopic (exact) mass is 270 g/mol. The van der Waals surface area contributed by atoms with Gasteiger partial charge in [0.25, 0.3) is 0 Å². The Labute approximate surface area is 108 Å². The summed E-state index contributed by atoms with van der Waals surface area (Å²) in [5.41, 5.74) is 0.865. The number of methoxy groups -OCH3 is 1. The van der Waals surface area contributed by atoms with E-state index in [2.05, 4.69) is 9.84 Å². The number of esters is 1. The van der Waals surface area contributed by atoms with E-state index in [-0.39, 0.29) is 5.69 Å². The lowest BCUT2D eigenvalue weighted by atomic mass is 10.3. The Bertz CT molecular complexity index is 566. The number of ether oxygens (including phenoxy) is 1. The maximum Gasteiger partial charge on any atom is 0.358 e. The van der Waals surface area contributed by atoms with Crippen molar-refractivity contribution in [3.8, 4) is 5.69 Å². The third-order valence-electron chi connectivity index (χ3n) is 2.14. The molecule has 1 aromatic heterocycles. The van der Waals surface area contributed by atoms with Crippen LogP contribution in [0.5, 0.6) is 0 Å². The number of carbonyl (C=O) groups is 1. The summed E-state index contributed by atoms with van der Waals surface area (Å²) in [4.78, 5) is 11.2. The highest BCUT2D eigenvalue weighted by Crippen LogP contribution is 2.23. The number of halogens is 2. The zero-order chi connectivity index (χ0) is 12.4. The van der Waals surface area contributed by atoms with Crippen LogP contribution in [0.25, 0.3) is 5.69 Å². The zero-order valence-electron chi connectivity index (χ0n) is 8.85. The molecular formula is C11H8Cl2N2O2. The number of nitrogens with zero attached hydrogens (tertiary/aromatic N) is 2. The molecule has 0 aliphatic rings. The number of hydrogen-bond acceptors (Lipinski definition) is 3. The number of hydrogen-bond donors (Lipinski definition) is 0. The van der Waals surface area contributed by atoms with Gasteiger partial charge in [0.15, 0.2) is 5.69 Å². The fourth-order valence-corrected chi connectivity index (χ4v) is 1.83. The smallest absolute Gasteiger partial charge is 0.358 e. The van der Waals surface area contributed by atoms with E-state index >= 15 is 0 Å². The van der Waals surface area contributed by atoms with Crippen LogP contribution in [0, 0.1) is 0 Å². The molecule has 0 bridgehead atoms.